The molecule has 6 aromatic rings. The molecule has 0 saturated carbocycles. The van der Waals surface area contributed by atoms with E-state index in [9.17, 15) is 35.5 Å². The summed E-state index contributed by atoms with van der Waals surface area (Å²) >= 11 is 3.21. The van der Waals surface area contributed by atoms with Gasteiger partial charge >= 0.3 is 0 Å². The molecule has 358 valence electrons. The van der Waals surface area contributed by atoms with Gasteiger partial charge in [-0.2, -0.15) is 0 Å². The first kappa shape index (κ1) is 51.8. The van der Waals surface area contributed by atoms with Gasteiger partial charge in [-0.25, -0.2) is 26.0 Å². The lowest BCUT2D eigenvalue weighted by Gasteiger charge is -2.24. The molecule has 2 amide bonds. The van der Waals surface area contributed by atoms with Crippen molar-refractivity contribution in [2.45, 2.75) is 101 Å². The molecule has 68 heavy (non-hydrogen) atoms. The van der Waals surface area contributed by atoms with E-state index in [2.05, 4.69) is 58.2 Å². The van der Waals surface area contributed by atoms with Crippen molar-refractivity contribution in [3.8, 4) is 0 Å². The Kier molecular flexibility index (Phi) is 19.1. The van der Waals surface area contributed by atoms with E-state index in [1.165, 1.54) is 37.1 Å². The third kappa shape index (κ3) is 14.7. The molecule has 0 radical (unpaired) electrons. The quantitative estimate of drug-likeness (QED) is 0.0415. The zero-order valence-electron chi connectivity index (χ0n) is 38.4. The van der Waals surface area contributed by atoms with Gasteiger partial charge in [-0.1, -0.05) is 85.3 Å². The zero-order valence-corrected chi connectivity index (χ0v) is 41.7. The molecule has 8 rings (SSSR count). The van der Waals surface area contributed by atoms with E-state index in [-0.39, 0.29) is 21.6 Å². The van der Waals surface area contributed by atoms with Gasteiger partial charge in [0.2, 0.25) is 0 Å². The molecule has 12 nitrogen and oxygen atoms in total. The average molecular weight is 995 g/mol. The number of fused-ring (bicyclic) bond motifs is 1. The van der Waals surface area contributed by atoms with Crippen LogP contribution in [0.2, 0.25) is 0 Å². The van der Waals surface area contributed by atoms with E-state index in [1.807, 2.05) is 70.8 Å². The number of aryl methyl sites for hydroxylation is 4. The van der Waals surface area contributed by atoms with Crippen LogP contribution in [0.25, 0.3) is 11.4 Å². The number of hydrogen-bond donors (Lipinski definition) is 0. The third-order valence-corrected chi connectivity index (χ3v) is 14.9. The predicted molar refractivity (Wildman–Crippen MR) is 264 cm³/mol. The van der Waals surface area contributed by atoms with Gasteiger partial charge in [-0.3, -0.25) is 9.59 Å². The van der Waals surface area contributed by atoms with E-state index >= 15 is 0 Å². The van der Waals surface area contributed by atoms with E-state index in [1.54, 1.807) is 46.9 Å². The van der Waals surface area contributed by atoms with Crippen LogP contribution in [0.5, 0.6) is 0 Å². The maximum Gasteiger partial charge on any atom is 0.261 e. The maximum absolute atomic E-state index is 14.2. The summed E-state index contributed by atoms with van der Waals surface area (Å²) in [7, 11) is -8.54. The number of amides is 2. The minimum Gasteiger partial charge on any atom is -0.744 e. The molecule has 0 fully saturated rings. The summed E-state index contributed by atoms with van der Waals surface area (Å²) in [6.07, 6.45) is 19.4. The molecule has 0 atom stereocenters. The molecule has 2 aliphatic rings. The summed E-state index contributed by atoms with van der Waals surface area (Å²) in [5.74, 6) is -0.0342. The van der Waals surface area contributed by atoms with Crippen molar-refractivity contribution < 1.29 is 44.7 Å². The minimum atomic E-state index is -4.27. The lowest BCUT2D eigenvalue weighted by Crippen LogP contribution is -2.32. The molecule has 6 heterocycles. The van der Waals surface area contributed by atoms with Crippen molar-refractivity contribution in [3.63, 3.8) is 0 Å². The van der Waals surface area contributed by atoms with Crippen LogP contribution >= 0.6 is 22.7 Å². The number of rotatable bonds is 20. The van der Waals surface area contributed by atoms with E-state index < -0.39 is 20.2 Å². The Bertz CT molecular complexity index is 2640. The summed E-state index contributed by atoms with van der Waals surface area (Å²) in [5, 5.41) is 4.07. The smallest absolute Gasteiger partial charge is 0.261 e. The lowest BCUT2D eigenvalue weighted by atomic mass is 10.1. The largest absolute Gasteiger partial charge is 0.744 e. The number of carbonyl (C=O) groups excluding carboxylic acids is 2. The van der Waals surface area contributed by atoms with Gasteiger partial charge in [0.15, 0.2) is 24.8 Å². The van der Waals surface area contributed by atoms with Gasteiger partial charge in [-0.15, -0.1) is 22.7 Å². The molecule has 16 heteroatoms. The highest BCUT2D eigenvalue weighted by atomic mass is 32.2. The van der Waals surface area contributed by atoms with Crippen molar-refractivity contribution >= 4 is 66.1 Å². The van der Waals surface area contributed by atoms with E-state index in [4.69, 9.17) is 0 Å². The summed E-state index contributed by atoms with van der Waals surface area (Å²) in [6.45, 7) is 6.98. The van der Waals surface area contributed by atoms with Crippen molar-refractivity contribution in [1.82, 2.24) is 9.80 Å². The summed E-state index contributed by atoms with van der Waals surface area (Å²) in [5.41, 5.74) is 4.70. The van der Waals surface area contributed by atoms with Crippen molar-refractivity contribution in [1.29, 1.82) is 0 Å². The van der Waals surface area contributed by atoms with Crippen LogP contribution in [0.1, 0.15) is 85.1 Å². The number of benzene rings is 2. The van der Waals surface area contributed by atoms with E-state index in [0.717, 1.165) is 96.7 Å². The molecule has 0 aliphatic carbocycles. The summed E-state index contributed by atoms with van der Waals surface area (Å²) < 4.78 is 66.8. The SMILES string of the molecule is Cc1ccc(S(=O)(=O)[O-])cc1.Cc1ccc(S(=O)(=O)[O-])cc1.O=C1C2=C(c3cccs3)N(CCCCCCC[n+]3ccccc3)C(=O)C2=C(c2cccs2)N1CCCCCCC[n+]1ccccc1. The standard InChI is InChI=1S/C38H44N4O2S2.2C7H8O3S/c43-37-34-33(35(31-19-17-29-45-31)41(37)27-15-5-1-3-9-21-39-23-11-7-12-24-39)38(44)42(36(34)32-20-18-30-46-32)28-16-6-2-4-10-22-40-25-13-8-14-26-40;2*1-6-2-4-7(5-3-6)11(8,9)10/h7-8,11-14,17-20,23-26,29-30H,1-6,9-10,15-16,21-22,27-28H2;2*2-5H,1H3,(H,8,9,10)/q+2;;/p-2. The fourth-order valence-electron chi connectivity index (χ4n) is 7.93. The molecular weight excluding hydrogens is 937 g/mol. The second-order valence-corrected chi connectivity index (χ2v) is 21.3. The Labute approximate surface area is 409 Å². The molecule has 0 N–H and O–H groups in total. The van der Waals surface area contributed by atoms with Crippen LogP contribution in [0.15, 0.2) is 166 Å². The molecule has 0 saturated heterocycles. The molecule has 0 bridgehead atoms. The maximum atomic E-state index is 14.2. The molecule has 2 aromatic carbocycles. The monoisotopic (exact) mass is 994 g/mol. The normalized spacial score (nSPS) is 13.6. The number of unbranched alkanes of at least 4 members (excludes halogenated alkanes) is 8. The van der Waals surface area contributed by atoms with Crippen LogP contribution in [-0.2, 0) is 42.9 Å². The average Bonchev–Trinajstić information content (AvgIpc) is 4.15. The fourth-order valence-corrected chi connectivity index (χ4v) is 10.4. The van der Waals surface area contributed by atoms with Crippen molar-refractivity contribution in [2.75, 3.05) is 13.1 Å². The summed E-state index contributed by atoms with van der Waals surface area (Å²) in [6, 6.07) is 32.1. The van der Waals surface area contributed by atoms with Crippen LogP contribution in [0, 0.1) is 13.8 Å². The minimum absolute atomic E-state index is 0.0171. The number of pyridine rings is 2. The third-order valence-electron chi connectivity index (χ3n) is 11.5. The molecule has 4 aromatic heterocycles. The molecule has 2 aliphatic heterocycles. The Morgan fingerprint density at radius 1 is 0.456 bits per heavy atom. The van der Waals surface area contributed by atoms with Crippen molar-refractivity contribution in [3.05, 3.63) is 177 Å². The Hall–Kier alpha value is -5.62. The van der Waals surface area contributed by atoms with Crippen LogP contribution in [0.4, 0.5) is 0 Å². The van der Waals surface area contributed by atoms with Gasteiger partial charge < -0.3 is 18.9 Å². The van der Waals surface area contributed by atoms with Crippen LogP contribution in [0.3, 0.4) is 0 Å². The second kappa shape index (κ2) is 25.1. The first-order valence-electron chi connectivity index (χ1n) is 22.9. The van der Waals surface area contributed by atoms with Crippen LogP contribution < -0.4 is 9.13 Å². The highest BCUT2D eigenvalue weighted by Gasteiger charge is 2.49. The van der Waals surface area contributed by atoms with Crippen LogP contribution in [-0.4, -0.2) is 60.6 Å². The number of carbonyl (C=O) groups is 2. The lowest BCUT2D eigenvalue weighted by molar-refractivity contribution is -0.697. The highest BCUT2D eigenvalue weighted by Crippen LogP contribution is 2.48. The molecule has 0 unspecified atom stereocenters. The fraction of sp³-hybridized carbons (Fsp3) is 0.308. The number of aromatic nitrogens is 2. The van der Waals surface area contributed by atoms with E-state index in [0.29, 0.717) is 24.2 Å². The van der Waals surface area contributed by atoms with Gasteiger partial charge in [0, 0.05) is 50.2 Å². The Morgan fingerprint density at radius 3 is 1.12 bits per heavy atom. The highest BCUT2D eigenvalue weighted by molar-refractivity contribution is 7.86. The Morgan fingerprint density at radius 2 is 0.794 bits per heavy atom. The number of nitrogens with zero attached hydrogens (tertiary/aromatic N) is 4. The first-order chi connectivity index (χ1) is 32.7. The predicted octanol–water partition coefficient (Wildman–Crippen LogP) is 9.29. The van der Waals surface area contributed by atoms with Gasteiger partial charge in [0.25, 0.3) is 11.8 Å². The number of thiophene rings is 2. The number of hydrogen-bond acceptors (Lipinski definition) is 10. The van der Waals surface area contributed by atoms with Gasteiger partial charge in [-0.05, 0) is 86.7 Å². The Balaban J connectivity index is 0.000000282. The van der Waals surface area contributed by atoms with Gasteiger partial charge in [0.05, 0.1) is 42.1 Å². The topological polar surface area (TPSA) is 163 Å². The molecule has 0 spiro atoms. The van der Waals surface area contributed by atoms with Crippen molar-refractivity contribution in [2.24, 2.45) is 0 Å². The summed E-state index contributed by atoms with van der Waals surface area (Å²) in [4.78, 5) is 33.9. The van der Waals surface area contributed by atoms with Gasteiger partial charge in [0.1, 0.15) is 33.3 Å². The second-order valence-electron chi connectivity index (χ2n) is 16.6. The zero-order chi connectivity index (χ0) is 48.5. The molecular formula is C52H58N4O8S4. The first-order valence-corrected chi connectivity index (χ1v) is 27.4.